The smallest absolute Gasteiger partial charge is 0.242 e. The molecule has 2 aromatic rings. The van der Waals surface area contributed by atoms with Crippen LogP contribution in [0.25, 0.3) is 0 Å². The molecule has 0 aromatic heterocycles. The number of ether oxygens (including phenoxy) is 1. The maximum Gasteiger partial charge on any atom is 0.242 e. The Labute approximate surface area is 198 Å². The van der Waals surface area contributed by atoms with Gasteiger partial charge in [-0.1, -0.05) is 53.0 Å². The molecule has 2 rings (SSSR count). The van der Waals surface area contributed by atoms with E-state index in [1.165, 1.54) is 0 Å². The molecular weight excluding hydrogens is 480 g/mol. The largest absolute Gasteiger partial charge is 0.494 e. The molecule has 0 aliphatic carbocycles. The van der Waals surface area contributed by atoms with Gasteiger partial charge in [0.15, 0.2) is 0 Å². The highest BCUT2D eigenvalue weighted by atomic mass is 79.9. The van der Waals surface area contributed by atoms with Gasteiger partial charge in [-0.2, -0.15) is 0 Å². The second kappa shape index (κ2) is 13.4. The Morgan fingerprint density at radius 3 is 2.58 bits per heavy atom. The number of nitrogens with one attached hydrogen (secondary N) is 1. The number of nitrogens with zero attached hydrogens (tertiary/aromatic N) is 1. The lowest BCUT2D eigenvalue weighted by atomic mass is 10.1. The van der Waals surface area contributed by atoms with Crippen LogP contribution in [-0.4, -0.2) is 35.9 Å². The van der Waals surface area contributed by atoms with E-state index in [4.69, 9.17) is 16.3 Å². The lowest BCUT2D eigenvalue weighted by molar-refractivity contribution is -0.140. The summed E-state index contributed by atoms with van der Waals surface area (Å²) in [6, 6.07) is 14.3. The number of halogens is 2. The van der Waals surface area contributed by atoms with E-state index in [9.17, 15) is 9.59 Å². The zero-order valence-electron chi connectivity index (χ0n) is 18.1. The normalized spacial score (nSPS) is 11.6. The van der Waals surface area contributed by atoms with E-state index in [-0.39, 0.29) is 11.8 Å². The van der Waals surface area contributed by atoms with Crippen LogP contribution >= 0.6 is 27.5 Å². The first kappa shape index (κ1) is 25.2. The monoisotopic (exact) mass is 508 g/mol. The van der Waals surface area contributed by atoms with E-state index in [0.717, 1.165) is 22.9 Å². The molecule has 0 spiro atoms. The molecule has 1 N–H and O–H groups in total. The molecule has 2 aromatic carbocycles. The van der Waals surface area contributed by atoms with Gasteiger partial charge in [-0.05, 0) is 61.7 Å². The van der Waals surface area contributed by atoms with Gasteiger partial charge in [-0.25, -0.2) is 0 Å². The van der Waals surface area contributed by atoms with Crippen molar-refractivity contribution in [3.05, 3.63) is 63.6 Å². The van der Waals surface area contributed by atoms with Crippen LogP contribution in [0.15, 0.2) is 53.0 Å². The number of hydrogen-bond acceptors (Lipinski definition) is 3. The maximum absolute atomic E-state index is 13.0. The Kier molecular flexibility index (Phi) is 10.9. The minimum absolute atomic E-state index is 0.0715. The van der Waals surface area contributed by atoms with Crippen molar-refractivity contribution in [1.29, 1.82) is 0 Å². The molecule has 5 nitrogen and oxygen atoms in total. The lowest BCUT2D eigenvalue weighted by Gasteiger charge is -2.29. The molecule has 0 radical (unpaired) electrons. The SMILES string of the molecule is CCCCNC(=O)C(C)N(Cc1cccc(Br)c1)C(=O)CCCOc1ccc(Cl)cc1. The number of carbonyl (C=O) groups excluding carboxylic acids is 2. The summed E-state index contributed by atoms with van der Waals surface area (Å²) in [7, 11) is 0. The van der Waals surface area contributed by atoms with Crippen molar-refractivity contribution >= 4 is 39.3 Å². The molecular formula is C24H30BrClN2O3. The summed E-state index contributed by atoms with van der Waals surface area (Å²) in [5.74, 6) is 0.513. The number of amides is 2. The van der Waals surface area contributed by atoms with Crippen molar-refractivity contribution < 1.29 is 14.3 Å². The van der Waals surface area contributed by atoms with E-state index < -0.39 is 6.04 Å². The van der Waals surface area contributed by atoms with E-state index in [1.807, 2.05) is 24.3 Å². The molecule has 7 heteroatoms. The van der Waals surface area contributed by atoms with Crippen molar-refractivity contribution in [2.45, 2.75) is 52.1 Å². The number of hydrogen-bond donors (Lipinski definition) is 1. The van der Waals surface area contributed by atoms with Crippen molar-refractivity contribution in [2.24, 2.45) is 0 Å². The summed E-state index contributed by atoms with van der Waals surface area (Å²) in [4.78, 5) is 27.3. The third-order valence-corrected chi connectivity index (χ3v) is 5.60. The molecule has 2 amide bonds. The van der Waals surface area contributed by atoms with Crippen molar-refractivity contribution in [3.63, 3.8) is 0 Å². The minimum Gasteiger partial charge on any atom is -0.494 e. The Hall–Kier alpha value is -2.05. The van der Waals surface area contributed by atoms with Gasteiger partial charge in [0, 0.05) is 29.0 Å². The van der Waals surface area contributed by atoms with Gasteiger partial charge < -0.3 is 15.0 Å². The second-order valence-electron chi connectivity index (χ2n) is 7.38. The number of unbranched alkanes of at least 4 members (excludes halogenated alkanes) is 1. The second-order valence-corrected chi connectivity index (χ2v) is 8.73. The topological polar surface area (TPSA) is 58.6 Å². The zero-order chi connectivity index (χ0) is 22.6. The highest BCUT2D eigenvalue weighted by molar-refractivity contribution is 9.10. The van der Waals surface area contributed by atoms with E-state index in [1.54, 1.807) is 36.1 Å². The van der Waals surface area contributed by atoms with Crippen LogP contribution in [0.3, 0.4) is 0 Å². The average Bonchev–Trinajstić information content (AvgIpc) is 2.76. The average molecular weight is 510 g/mol. The summed E-state index contributed by atoms with van der Waals surface area (Å²) in [6.45, 7) is 5.26. The van der Waals surface area contributed by atoms with Gasteiger partial charge in [-0.3, -0.25) is 9.59 Å². The molecule has 0 aliphatic rings. The standard InChI is InChI=1S/C24H30BrClN2O3/c1-3-4-14-27-24(30)18(2)28(17-19-7-5-8-20(25)16-19)23(29)9-6-15-31-22-12-10-21(26)11-13-22/h5,7-8,10-13,16,18H,3-4,6,9,14-15,17H2,1-2H3,(H,27,30). The van der Waals surface area contributed by atoms with Gasteiger partial charge in [-0.15, -0.1) is 0 Å². The molecule has 168 valence electrons. The fourth-order valence-corrected chi connectivity index (χ4v) is 3.61. The van der Waals surface area contributed by atoms with Crippen LogP contribution in [0.1, 0.15) is 45.1 Å². The van der Waals surface area contributed by atoms with Gasteiger partial charge in [0.25, 0.3) is 0 Å². The third kappa shape index (κ3) is 8.91. The molecule has 0 aliphatic heterocycles. The first-order chi connectivity index (χ1) is 14.9. The summed E-state index contributed by atoms with van der Waals surface area (Å²) in [5.41, 5.74) is 0.966. The fourth-order valence-electron chi connectivity index (χ4n) is 3.04. The lowest BCUT2D eigenvalue weighted by Crippen LogP contribution is -2.47. The van der Waals surface area contributed by atoms with E-state index in [0.29, 0.717) is 43.3 Å². The molecule has 0 bridgehead atoms. The third-order valence-electron chi connectivity index (χ3n) is 4.86. The van der Waals surface area contributed by atoms with Crippen molar-refractivity contribution in [2.75, 3.05) is 13.2 Å². The highest BCUT2D eigenvalue weighted by Gasteiger charge is 2.25. The van der Waals surface area contributed by atoms with Gasteiger partial charge in [0.2, 0.25) is 11.8 Å². The quantitative estimate of drug-likeness (QED) is 0.379. The van der Waals surface area contributed by atoms with Crippen molar-refractivity contribution in [1.82, 2.24) is 10.2 Å². The zero-order valence-corrected chi connectivity index (χ0v) is 20.4. The Morgan fingerprint density at radius 1 is 1.16 bits per heavy atom. The van der Waals surface area contributed by atoms with Crippen LogP contribution in [-0.2, 0) is 16.1 Å². The summed E-state index contributed by atoms with van der Waals surface area (Å²) in [5, 5.41) is 3.58. The van der Waals surface area contributed by atoms with Crippen LogP contribution < -0.4 is 10.1 Å². The predicted octanol–water partition coefficient (Wildman–Crippen LogP) is 5.60. The first-order valence-corrected chi connectivity index (χ1v) is 11.8. The van der Waals surface area contributed by atoms with Crippen LogP contribution in [0.4, 0.5) is 0 Å². The van der Waals surface area contributed by atoms with Gasteiger partial charge >= 0.3 is 0 Å². The summed E-state index contributed by atoms with van der Waals surface area (Å²) in [6.07, 6.45) is 2.78. The number of carbonyl (C=O) groups is 2. The highest BCUT2D eigenvalue weighted by Crippen LogP contribution is 2.18. The number of rotatable bonds is 12. The summed E-state index contributed by atoms with van der Waals surface area (Å²) >= 11 is 9.35. The molecule has 0 saturated heterocycles. The fraction of sp³-hybridized carbons (Fsp3) is 0.417. The van der Waals surface area contributed by atoms with Crippen LogP contribution in [0.2, 0.25) is 5.02 Å². The molecule has 31 heavy (non-hydrogen) atoms. The molecule has 1 unspecified atom stereocenters. The van der Waals surface area contributed by atoms with E-state index >= 15 is 0 Å². The minimum atomic E-state index is -0.555. The predicted molar refractivity (Wildman–Crippen MR) is 128 cm³/mol. The van der Waals surface area contributed by atoms with Crippen LogP contribution in [0, 0.1) is 0 Å². The van der Waals surface area contributed by atoms with Gasteiger partial charge in [0.1, 0.15) is 11.8 Å². The summed E-state index contributed by atoms with van der Waals surface area (Å²) < 4.78 is 6.62. The van der Waals surface area contributed by atoms with Gasteiger partial charge in [0.05, 0.1) is 6.61 Å². The Bertz CT molecular complexity index is 845. The molecule has 1 atom stereocenters. The molecule has 0 fully saturated rings. The van der Waals surface area contributed by atoms with Crippen LogP contribution in [0.5, 0.6) is 5.75 Å². The first-order valence-electron chi connectivity index (χ1n) is 10.6. The maximum atomic E-state index is 13.0. The Balaban J connectivity index is 1.97. The molecule has 0 saturated carbocycles. The number of benzene rings is 2. The van der Waals surface area contributed by atoms with Crippen molar-refractivity contribution in [3.8, 4) is 5.75 Å². The Morgan fingerprint density at radius 2 is 1.90 bits per heavy atom. The molecule has 0 heterocycles. The van der Waals surface area contributed by atoms with E-state index in [2.05, 4.69) is 28.2 Å².